The first-order valence-electron chi connectivity index (χ1n) is 4.75. The van der Waals surface area contributed by atoms with Crippen LogP contribution in [-0.4, -0.2) is 5.78 Å². The van der Waals surface area contributed by atoms with Gasteiger partial charge < -0.3 is 0 Å². The smallest absolute Gasteiger partial charge is 0.161 e. The van der Waals surface area contributed by atoms with Gasteiger partial charge in [0.2, 0.25) is 0 Å². The summed E-state index contributed by atoms with van der Waals surface area (Å²) in [5.41, 5.74) is 0.958. The highest BCUT2D eigenvalue weighted by atomic mass is 16.1. The molecular formula is C11H18O. The predicted octanol–water partition coefficient (Wildman–Crippen LogP) is 2.81. The van der Waals surface area contributed by atoms with Gasteiger partial charge in [0, 0.05) is 5.92 Å². The average Bonchev–Trinajstić information content (AvgIpc) is 2.00. The third-order valence-corrected chi connectivity index (χ3v) is 3.00. The SMILES string of the molecule is CC1=CCC(C(C)C)C(C)C1=O. The Hall–Kier alpha value is -0.590. The van der Waals surface area contributed by atoms with E-state index in [1.54, 1.807) is 0 Å². The van der Waals surface area contributed by atoms with E-state index < -0.39 is 0 Å². The molecule has 2 unspecified atom stereocenters. The van der Waals surface area contributed by atoms with Crippen LogP contribution >= 0.6 is 0 Å². The number of carbonyl (C=O) groups is 1. The van der Waals surface area contributed by atoms with Gasteiger partial charge in [-0.2, -0.15) is 0 Å². The first kappa shape index (κ1) is 9.50. The van der Waals surface area contributed by atoms with Crippen molar-refractivity contribution in [3.8, 4) is 0 Å². The summed E-state index contributed by atoms with van der Waals surface area (Å²) in [5.74, 6) is 1.75. The van der Waals surface area contributed by atoms with Gasteiger partial charge in [-0.3, -0.25) is 4.79 Å². The normalized spacial score (nSPS) is 30.8. The molecule has 0 spiro atoms. The summed E-state index contributed by atoms with van der Waals surface area (Å²) in [7, 11) is 0. The number of ketones is 1. The van der Waals surface area contributed by atoms with Crippen LogP contribution in [0.25, 0.3) is 0 Å². The Kier molecular flexibility index (Phi) is 2.71. The van der Waals surface area contributed by atoms with E-state index in [9.17, 15) is 4.79 Å². The molecule has 1 aliphatic rings. The van der Waals surface area contributed by atoms with Crippen molar-refractivity contribution >= 4 is 5.78 Å². The Balaban J connectivity index is 2.80. The van der Waals surface area contributed by atoms with Crippen LogP contribution in [0.3, 0.4) is 0 Å². The lowest BCUT2D eigenvalue weighted by atomic mass is 9.74. The molecule has 0 radical (unpaired) electrons. The van der Waals surface area contributed by atoms with Crippen LogP contribution in [0.15, 0.2) is 11.6 Å². The van der Waals surface area contributed by atoms with Gasteiger partial charge in [-0.25, -0.2) is 0 Å². The highest BCUT2D eigenvalue weighted by Gasteiger charge is 2.29. The van der Waals surface area contributed by atoms with E-state index in [-0.39, 0.29) is 5.92 Å². The molecule has 1 heteroatoms. The Morgan fingerprint density at radius 3 is 2.58 bits per heavy atom. The number of carbonyl (C=O) groups excluding carboxylic acids is 1. The van der Waals surface area contributed by atoms with E-state index in [0.717, 1.165) is 12.0 Å². The van der Waals surface area contributed by atoms with Gasteiger partial charge in [0.05, 0.1) is 0 Å². The van der Waals surface area contributed by atoms with E-state index >= 15 is 0 Å². The summed E-state index contributed by atoms with van der Waals surface area (Å²) in [6, 6.07) is 0. The molecule has 0 aliphatic heterocycles. The fourth-order valence-electron chi connectivity index (χ4n) is 2.02. The number of hydrogen-bond donors (Lipinski definition) is 0. The van der Waals surface area contributed by atoms with Crippen LogP contribution in [0, 0.1) is 17.8 Å². The molecule has 0 amide bonds. The second kappa shape index (κ2) is 3.42. The van der Waals surface area contributed by atoms with Gasteiger partial charge in [0.15, 0.2) is 5.78 Å². The highest BCUT2D eigenvalue weighted by Crippen LogP contribution is 2.31. The van der Waals surface area contributed by atoms with Crippen molar-refractivity contribution in [2.24, 2.45) is 17.8 Å². The first-order chi connectivity index (χ1) is 5.54. The second-order valence-electron chi connectivity index (χ2n) is 4.18. The quantitative estimate of drug-likeness (QED) is 0.585. The lowest BCUT2D eigenvalue weighted by Gasteiger charge is -2.29. The van der Waals surface area contributed by atoms with Crippen LogP contribution in [0.5, 0.6) is 0 Å². The number of hydrogen-bond acceptors (Lipinski definition) is 1. The standard InChI is InChI=1S/C11H18O/c1-7(2)10-6-5-8(3)11(12)9(10)4/h5,7,9-10H,6H2,1-4H3. The van der Waals surface area contributed by atoms with Crippen LogP contribution in [0.2, 0.25) is 0 Å². The van der Waals surface area contributed by atoms with Gasteiger partial charge in [-0.15, -0.1) is 0 Å². The fraction of sp³-hybridized carbons (Fsp3) is 0.727. The molecule has 1 nitrogen and oxygen atoms in total. The molecular weight excluding hydrogens is 148 g/mol. The molecule has 0 bridgehead atoms. The second-order valence-corrected chi connectivity index (χ2v) is 4.18. The van der Waals surface area contributed by atoms with Crippen LogP contribution in [0.4, 0.5) is 0 Å². The Morgan fingerprint density at radius 2 is 2.08 bits per heavy atom. The largest absolute Gasteiger partial charge is 0.294 e. The lowest BCUT2D eigenvalue weighted by Crippen LogP contribution is -2.28. The third-order valence-electron chi connectivity index (χ3n) is 3.00. The van der Waals surface area contributed by atoms with Crippen molar-refractivity contribution < 1.29 is 4.79 Å². The van der Waals surface area contributed by atoms with E-state index in [1.165, 1.54) is 0 Å². The van der Waals surface area contributed by atoms with Crippen molar-refractivity contribution in [2.75, 3.05) is 0 Å². The molecule has 2 atom stereocenters. The van der Waals surface area contributed by atoms with Crippen LogP contribution in [0.1, 0.15) is 34.1 Å². The maximum atomic E-state index is 11.6. The molecule has 12 heavy (non-hydrogen) atoms. The first-order valence-corrected chi connectivity index (χ1v) is 4.75. The maximum Gasteiger partial charge on any atom is 0.161 e. The average molecular weight is 166 g/mol. The summed E-state index contributed by atoms with van der Waals surface area (Å²) in [6.45, 7) is 8.38. The molecule has 0 aromatic carbocycles. The number of allylic oxidation sites excluding steroid dienone is 2. The van der Waals surface area contributed by atoms with Crippen molar-refractivity contribution in [1.82, 2.24) is 0 Å². The Labute approximate surface area is 74.9 Å². The van der Waals surface area contributed by atoms with Crippen molar-refractivity contribution in [2.45, 2.75) is 34.1 Å². The molecule has 0 saturated carbocycles. The molecule has 0 aromatic heterocycles. The Bertz CT molecular complexity index is 213. The summed E-state index contributed by atoms with van der Waals surface area (Å²) in [6.07, 6.45) is 3.17. The number of Topliss-reactive ketones (excluding diaryl/α,β-unsaturated/α-hetero) is 1. The summed E-state index contributed by atoms with van der Waals surface area (Å²) >= 11 is 0. The van der Waals surface area contributed by atoms with E-state index in [0.29, 0.717) is 17.6 Å². The molecule has 0 fully saturated rings. The summed E-state index contributed by atoms with van der Waals surface area (Å²) in [4.78, 5) is 11.6. The summed E-state index contributed by atoms with van der Waals surface area (Å²) in [5, 5.41) is 0. The van der Waals surface area contributed by atoms with Crippen molar-refractivity contribution in [1.29, 1.82) is 0 Å². The zero-order valence-electron chi connectivity index (χ0n) is 8.42. The minimum Gasteiger partial charge on any atom is -0.294 e. The lowest BCUT2D eigenvalue weighted by molar-refractivity contribution is -0.121. The molecule has 0 N–H and O–H groups in total. The van der Waals surface area contributed by atoms with Gasteiger partial charge in [-0.1, -0.05) is 26.8 Å². The minimum atomic E-state index is 0.231. The summed E-state index contributed by atoms with van der Waals surface area (Å²) < 4.78 is 0. The van der Waals surface area contributed by atoms with Crippen molar-refractivity contribution in [3.05, 3.63) is 11.6 Å². The molecule has 0 heterocycles. The van der Waals surface area contributed by atoms with Gasteiger partial charge >= 0.3 is 0 Å². The monoisotopic (exact) mass is 166 g/mol. The minimum absolute atomic E-state index is 0.231. The van der Waals surface area contributed by atoms with Gasteiger partial charge in [0.1, 0.15) is 0 Å². The van der Waals surface area contributed by atoms with Gasteiger partial charge in [0.25, 0.3) is 0 Å². The van der Waals surface area contributed by atoms with Crippen molar-refractivity contribution in [3.63, 3.8) is 0 Å². The van der Waals surface area contributed by atoms with E-state index in [2.05, 4.69) is 26.8 Å². The third kappa shape index (κ3) is 1.60. The topological polar surface area (TPSA) is 17.1 Å². The maximum absolute atomic E-state index is 11.6. The van der Waals surface area contributed by atoms with E-state index in [4.69, 9.17) is 0 Å². The molecule has 1 rings (SSSR count). The zero-order valence-corrected chi connectivity index (χ0v) is 8.42. The molecule has 0 saturated heterocycles. The highest BCUT2D eigenvalue weighted by molar-refractivity contribution is 5.97. The van der Waals surface area contributed by atoms with Gasteiger partial charge in [-0.05, 0) is 30.8 Å². The fourth-order valence-corrected chi connectivity index (χ4v) is 2.02. The molecule has 0 aromatic rings. The predicted molar refractivity (Wildman–Crippen MR) is 50.9 cm³/mol. The molecule has 1 aliphatic carbocycles. The zero-order chi connectivity index (χ0) is 9.30. The Morgan fingerprint density at radius 1 is 1.50 bits per heavy atom. The molecule has 68 valence electrons. The van der Waals surface area contributed by atoms with Crippen LogP contribution < -0.4 is 0 Å². The van der Waals surface area contributed by atoms with Crippen LogP contribution in [-0.2, 0) is 4.79 Å². The number of rotatable bonds is 1. The van der Waals surface area contributed by atoms with E-state index in [1.807, 2.05) is 6.92 Å².